The van der Waals surface area contributed by atoms with E-state index in [4.69, 9.17) is 5.73 Å². The molecule has 2 heterocycles. The van der Waals surface area contributed by atoms with E-state index in [1.165, 1.54) is 23.7 Å². The molecule has 9 heteroatoms. The topological polar surface area (TPSA) is 107 Å². The van der Waals surface area contributed by atoms with Crippen molar-refractivity contribution in [1.82, 2.24) is 23.8 Å². The van der Waals surface area contributed by atoms with Crippen LogP contribution >= 0.6 is 0 Å². The molecule has 0 unspecified atom stereocenters. The standard InChI is InChI=1S/C10H14N6O2S/c1-15-4-3-12-9(15)7-16(2)19(17,18)8-5-13-10(11)14-6-8/h3-6H,7H2,1-2H3,(H2,11,13,14). The summed E-state index contributed by atoms with van der Waals surface area (Å²) in [7, 11) is -0.376. The first-order valence-corrected chi connectivity index (χ1v) is 6.85. The highest BCUT2D eigenvalue weighted by molar-refractivity contribution is 7.89. The van der Waals surface area contributed by atoms with Gasteiger partial charge in [-0.15, -0.1) is 0 Å². The molecule has 102 valence electrons. The summed E-state index contributed by atoms with van der Waals surface area (Å²) in [5.74, 6) is 0.674. The molecule has 2 N–H and O–H groups in total. The molecule has 0 atom stereocenters. The highest BCUT2D eigenvalue weighted by Gasteiger charge is 2.22. The molecule has 8 nitrogen and oxygen atoms in total. The lowest BCUT2D eigenvalue weighted by Gasteiger charge is -2.16. The van der Waals surface area contributed by atoms with Crippen LogP contribution in [0.5, 0.6) is 0 Å². The van der Waals surface area contributed by atoms with Gasteiger partial charge in [-0.2, -0.15) is 4.31 Å². The highest BCUT2D eigenvalue weighted by atomic mass is 32.2. The summed E-state index contributed by atoms with van der Waals surface area (Å²) in [5, 5.41) is 0. The van der Waals surface area contributed by atoms with Crippen LogP contribution in [0.2, 0.25) is 0 Å². The molecule has 0 aliphatic heterocycles. The van der Waals surface area contributed by atoms with Crippen LogP contribution in [0.15, 0.2) is 29.7 Å². The van der Waals surface area contributed by atoms with Crippen molar-refractivity contribution in [3.05, 3.63) is 30.6 Å². The lowest BCUT2D eigenvalue weighted by Crippen LogP contribution is -2.28. The van der Waals surface area contributed by atoms with Gasteiger partial charge in [0.15, 0.2) is 0 Å². The number of anilines is 1. The van der Waals surface area contributed by atoms with Crippen LogP contribution in [-0.2, 0) is 23.6 Å². The number of imidazole rings is 1. The molecule has 19 heavy (non-hydrogen) atoms. The first kappa shape index (κ1) is 13.4. The Morgan fingerprint density at radius 3 is 2.47 bits per heavy atom. The molecule has 0 bridgehead atoms. The maximum absolute atomic E-state index is 12.2. The molecule has 0 aliphatic rings. The Morgan fingerprint density at radius 2 is 1.95 bits per heavy atom. The van der Waals surface area contributed by atoms with Gasteiger partial charge in [-0.1, -0.05) is 0 Å². The SMILES string of the molecule is CN(Cc1nccn1C)S(=O)(=O)c1cnc(N)nc1. The van der Waals surface area contributed by atoms with Crippen LogP contribution in [-0.4, -0.2) is 39.3 Å². The Morgan fingerprint density at radius 1 is 1.32 bits per heavy atom. The average molecular weight is 282 g/mol. The van der Waals surface area contributed by atoms with Gasteiger partial charge < -0.3 is 10.3 Å². The number of hydrogen-bond acceptors (Lipinski definition) is 6. The Kier molecular flexibility index (Phi) is 3.49. The molecule has 2 aromatic rings. The summed E-state index contributed by atoms with van der Waals surface area (Å²) < 4.78 is 27.4. The van der Waals surface area contributed by atoms with Gasteiger partial charge in [-0.25, -0.2) is 23.4 Å². The zero-order valence-corrected chi connectivity index (χ0v) is 11.4. The zero-order valence-electron chi connectivity index (χ0n) is 10.6. The number of hydrogen-bond donors (Lipinski definition) is 1. The third-order valence-electron chi connectivity index (χ3n) is 2.64. The Balaban J connectivity index is 2.24. The molecule has 0 fully saturated rings. The zero-order chi connectivity index (χ0) is 14.0. The van der Waals surface area contributed by atoms with E-state index in [0.717, 1.165) is 0 Å². The van der Waals surface area contributed by atoms with E-state index in [9.17, 15) is 8.42 Å². The second-order valence-corrected chi connectivity index (χ2v) is 6.04. The van der Waals surface area contributed by atoms with Crippen molar-refractivity contribution in [2.75, 3.05) is 12.8 Å². The third-order valence-corrected chi connectivity index (χ3v) is 4.40. The van der Waals surface area contributed by atoms with E-state index in [0.29, 0.717) is 5.82 Å². The molecule has 0 spiro atoms. The Bertz CT molecular complexity index is 664. The minimum Gasteiger partial charge on any atom is -0.368 e. The summed E-state index contributed by atoms with van der Waals surface area (Å²) in [5.41, 5.74) is 5.33. The van der Waals surface area contributed by atoms with Crippen molar-refractivity contribution >= 4 is 16.0 Å². The predicted octanol–water partition coefficient (Wildman–Crippen LogP) is -0.387. The maximum Gasteiger partial charge on any atom is 0.246 e. The minimum absolute atomic E-state index is 0.00147. The van der Waals surface area contributed by atoms with E-state index in [2.05, 4.69) is 15.0 Å². The molecular formula is C10H14N6O2S. The van der Waals surface area contributed by atoms with Crippen molar-refractivity contribution in [3.63, 3.8) is 0 Å². The van der Waals surface area contributed by atoms with E-state index >= 15 is 0 Å². The summed E-state index contributed by atoms with van der Waals surface area (Å²) in [6.45, 7) is 0.163. The minimum atomic E-state index is -3.65. The fraction of sp³-hybridized carbons (Fsp3) is 0.300. The van der Waals surface area contributed by atoms with Crippen LogP contribution < -0.4 is 5.73 Å². The van der Waals surface area contributed by atoms with Gasteiger partial charge >= 0.3 is 0 Å². The normalized spacial score (nSPS) is 11.9. The second-order valence-electron chi connectivity index (χ2n) is 3.99. The number of aryl methyl sites for hydroxylation is 1. The number of nitrogen functional groups attached to an aromatic ring is 1. The summed E-state index contributed by atoms with van der Waals surface area (Å²) in [6.07, 6.45) is 5.74. The van der Waals surface area contributed by atoms with Crippen molar-refractivity contribution < 1.29 is 8.42 Å². The number of rotatable bonds is 4. The lowest BCUT2D eigenvalue weighted by molar-refractivity contribution is 0.450. The summed E-state index contributed by atoms with van der Waals surface area (Å²) in [4.78, 5) is 11.4. The van der Waals surface area contributed by atoms with Gasteiger partial charge in [0.1, 0.15) is 10.7 Å². The van der Waals surface area contributed by atoms with Crippen molar-refractivity contribution in [3.8, 4) is 0 Å². The highest BCUT2D eigenvalue weighted by Crippen LogP contribution is 2.14. The molecule has 0 saturated heterocycles. The van der Waals surface area contributed by atoms with Crippen LogP contribution in [0.25, 0.3) is 0 Å². The summed E-state index contributed by atoms with van der Waals surface area (Å²) >= 11 is 0. The molecule has 0 aliphatic carbocycles. The van der Waals surface area contributed by atoms with E-state index in [1.54, 1.807) is 24.0 Å². The quantitative estimate of drug-likeness (QED) is 0.818. The van der Waals surface area contributed by atoms with Crippen molar-refractivity contribution in [2.45, 2.75) is 11.4 Å². The van der Waals surface area contributed by atoms with Crippen LogP contribution in [0.1, 0.15) is 5.82 Å². The smallest absolute Gasteiger partial charge is 0.246 e. The molecule has 0 aromatic carbocycles. The van der Waals surface area contributed by atoms with Crippen LogP contribution in [0.4, 0.5) is 5.95 Å². The van der Waals surface area contributed by atoms with Gasteiger partial charge in [0, 0.05) is 26.5 Å². The predicted molar refractivity (Wildman–Crippen MR) is 68.3 cm³/mol. The van der Waals surface area contributed by atoms with E-state index in [1.807, 2.05) is 0 Å². The van der Waals surface area contributed by atoms with Gasteiger partial charge in [0.2, 0.25) is 16.0 Å². The molecular weight excluding hydrogens is 268 g/mol. The molecule has 2 aromatic heterocycles. The number of nitrogens with two attached hydrogens (primary N) is 1. The van der Waals surface area contributed by atoms with Gasteiger partial charge in [0.25, 0.3) is 0 Å². The first-order valence-electron chi connectivity index (χ1n) is 5.41. The molecule has 0 saturated carbocycles. The van der Waals surface area contributed by atoms with E-state index in [-0.39, 0.29) is 17.4 Å². The fourth-order valence-corrected chi connectivity index (χ4v) is 2.49. The fourth-order valence-electron chi connectivity index (χ4n) is 1.47. The summed E-state index contributed by atoms with van der Waals surface area (Å²) in [6, 6.07) is 0. The van der Waals surface area contributed by atoms with E-state index < -0.39 is 10.0 Å². The number of sulfonamides is 1. The molecule has 0 radical (unpaired) electrons. The second kappa shape index (κ2) is 4.94. The van der Waals surface area contributed by atoms with Crippen molar-refractivity contribution in [1.29, 1.82) is 0 Å². The van der Waals surface area contributed by atoms with Gasteiger partial charge in [-0.3, -0.25) is 0 Å². The number of aromatic nitrogens is 4. The first-order chi connectivity index (χ1) is 8.91. The molecule has 2 rings (SSSR count). The average Bonchev–Trinajstić information content (AvgIpc) is 2.75. The Hall–Kier alpha value is -2.00. The monoisotopic (exact) mass is 282 g/mol. The van der Waals surface area contributed by atoms with Crippen molar-refractivity contribution in [2.24, 2.45) is 7.05 Å². The number of nitrogens with zero attached hydrogens (tertiary/aromatic N) is 5. The third kappa shape index (κ3) is 2.71. The lowest BCUT2D eigenvalue weighted by atomic mass is 10.6. The maximum atomic E-state index is 12.2. The van der Waals surface area contributed by atoms with Gasteiger partial charge in [-0.05, 0) is 0 Å². The Labute approximate surface area is 111 Å². The van der Waals surface area contributed by atoms with Crippen LogP contribution in [0.3, 0.4) is 0 Å². The van der Waals surface area contributed by atoms with Crippen LogP contribution in [0, 0.1) is 0 Å². The largest absolute Gasteiger partial charge is 0.368 e. The molecule has 0 amide bonds. The van der Waals surface area contributed by atoms with Gasteiger partial charge in [0.05, 0.1) is 18.9 Å².